The van der Waals surface area contributed by atoms with Gasteiger partial charge in [-0.05, 0) is 13.3 Å². The molecule has 0 bridgehead atoms. The number of likely N-dealkylation sites (N-methyl/N-ethyl adjacent to an activating group) is 1. The predicted molar refractivity (Wildman–Crippen MR) is 51.0 cm³/mol. The van der Waals surface area contributed by atoms with E-state index in [-0.39, 0.29) is 18.0 Å². The Morgan fingerprint density at radius 3 is 2.46 bits per heavy atom. The number of nitriles is 1. The molecule has 0 aromatic carbocycles. The van der Waals surface area contributed by atoms with Gasteiger partial charge in [0.25, 0.3) is 0 Å². The molecule has 0 spiro atoms. The average molecular weight is 183 g/mol. The van der Waals surface area contributed by atoms with Gasteiger partial charge in [0.1, 0.15) is 0 Å². The van der Waals surface area contributed by atoms with E-state index < -0.39 is 0 Å². The number of carbonyl (C=O) groups is 1. The van der Waals surface area contributed by atoms with Crippen molar-refractivity contribution in [3.63, 3.8) is 0 Å². The molecule has 0 fully saturated rings. The molecule has 2 unspecified atom stereocenters. The molecule has 0 saturated carbocycles. The largest absolute Gasteiger partial charge is 0.347 e. The minimum absolute atomic E-state index is 0.00583. The third kappa shape index (κ3) is 3.90. The van der Waals surface area contributed by atoms with E-state index in [0.29, 0.717) is 6.42 Å². The Morgan fingerprint density at radius 1 is 1.62 bits per heavy atom. The van der Waals surface area contributed by atoms with Gasteiger partial charge in [0.05, 0.1) is 18.2 Å². The van der Waals surface area contributed by atoms with Gasteiger partial charge in [0.2, 0.25) is 5.91 Å². The van der Waals surface area contributed by atoms with Crippen LogP contribution in [0.1, 0.15) is 20.3 Å². The number of hydrogen-bond donors (Lipinski definition) is 1. The smallest absolute Gasteiger partial charge is 0.238 e. The second-order valence-electron chi connectivity index (χ2n) is 3.21. The van der Waals surface area contributed by atoms with E-state index in [1.54, 1.807) is 21.0 Å². The van der Waals surface area contributed by atoms with Crippen molar-refractivity contribution < 1.29 is 4.79 Å². The molecule has 0 heterocycles. The number of rotatable bonds is 4. The lowest BCUT2D eigenvalue weighted by Crippen LogP contribution is -2.45. The van der Waals surface area contributed by atoms with Gasteiger partial charge in [-0.2, -0.15) is 5.26 Å². The van der Waals surface area contributed by atoms with Crippen LogP contribution >= 0.6 is 0 Å². The van der Waals surface area contributed by atoms with Gasteiger partial charge in [-0.3, -0.25) is 10.1 Å². The lowest BCUT2D eigenvalue weighted by molar-refractivity contribution is -0.130. The van der Waals surface area contributed by atoms with Crippen molar-refractivity contribution in [2.45, 2.75) is 32.4 Å². The third-order valence-corrected chi connectivity index (χ3v) is 1.83. The van der Waals surface area contributed by atoms with Crippen LogP contribution < -0.4 is 5.32 Å². The van der Waals surface area contributed by atoms with E-state index >= 15 is 0 Å². The summed E-state index contributed by atoms with van der Waals surface area (Å²) in [5, 5.41) is 11.6. The van der Waals surface area contributed by atoms with Crippen LogP contribution in [0.2, 0.25) is 0 Å². The van der Waals surface area contributed by atoms with E-state index in [1.807, 2.05) is 6.92 Å². The maximum atomic E-state index is 11.4. The Morgan fingerprint density at radius 2 is 2.15 bits per heavy atom. The molecule has 0 aliphatic rings. The van der Waals surface area contributed by atoms with Crippen molar-refractivity contribution >= 4 is 5.91 Å². The second kappa shape index (κ2) is 5.55. The number of hydrogen-bond acceptors (Lipinski definition) is 3. The van der Waals surface area contributed by atoms with Crippen molar-refractivity contribution in [1.82, 2.24) is 10.2 Å². The third-order valence-electron chi connectivity index (χ3n) is 1.83. The van der Waals surface area contributed by atoms with Gasteiger partial charge >= 0.3 is 0 Å². The normalized spacial score (nSPS) is 14.4. The first-order chi connectivity index (χ1) is 6.02. The van der Waals surface area contributed by atoms with E-state index in [1.165, 1.54) is 4.90 Å². The minimum atomic E-state index is -0.292. The SMILES string of the molecule is CCC(C#N)NC(C)C(=O)N(C)C. The monoisotopic (exact) mass is 183 g/mol. The Kier molecular flexibility index (Phi) is 5.09. The Hall–Kier alpha value is -1.08. The molecule has 1 amide bonds. The molecule has 1 N–H and O–H groups in total. The standard InChI is InChI=1S/C9H17N3O/c1-5-8(6-10)11-7(2)9(13)12(3)4/h7-8,11H,5H2,1-4H3. The van der Waals surface area contributed by atoms with E-state index in [9.17, 15) is 4.79 Å². The van der Waals surface area contributed by atoms with Gasteiger partial charge in [-0.25, -0.2) is 0 Å². The van der Waals surface area contributed by atoms with Crippen LogP contribution in [-0.4, -0.2) is 37.0 Å². The van der Waals surface area contributed by atoms with E-state index in [4.69, 9.17) is 5.26 Å². The lowest BCUT2D eigenvalue weighted by Gasteiger charge is -2.19. The molecular formula is C9H17N3O. The van der Waals surface area contributed by atoms with Gasteiger partial charge < -0.3 is 4.90 Å². The number of carbonyl (C=O) groups excluding carboxylic acids is 1. The topological polar surface area (TPSA) is 56.1 Å². The summed E-state index contributed by atoms with van der Waals surface area (Å²) < 4.78 is 0. The molecule has 0 aromatic heterocycles. The second-order valence-corrected chi connectivity index (χ2v) is 3.21. The summed E-state index contributed by atoms with van der Waals surface area (Å²) in [4.78, 5) is 12.9. The molecule has 4 nitrogen and oxygen atoms in total. The maximum absolute atomic E-state index is 11.4. The van der Waals surface area contributed by atoms with Gasteiger partial charge in [-0.1, -0.05) is 6.92 Å². The van der Waals surface area contributed by atoms with E-state index in [0.717, 1.165) is 0 Å². The Bertz CT molecular complexity index is 207. The molecule has 74 valence electrons. The summed E-state index contributed by atoms with van der Waals surface area (Å²) in [6, 6.07) is 1.57. The summed E-state index contributed by atoms with van der Waals surface area (Å²) in [6.07, 6.45) is 0.710. The number of nitrogens with one attached hydrogen (secondary N) is 1. The molecule has 0 saturated heterocycles. The van der Waals surface area contributed by atoms with Crippen LogP contribution in [0.25, 0.3) is 0 Å². The van der Waals surface area contributed by atoms with Crippen LogP contribution in [0.4, 0.5) is 0 Å². The summed E-state index contributed by atoms with van der Waals surface area (Å²) in [7, 11) is 3.40. The van der Waals surface area contributed by atoms with Crippen molar-refractivity contribution in [3.05, 3.63) is 0 Å². The molecule has 0 aromatic rings. The average Bonchev–Trinajstić information content (AvgIpc) is 2.12. The summed E-state index contributed by atoms with van der Waals surface area (Å²) in [6.45, 7) is 3.68. The minimum Gasteiger partial charge on any atom is -0.347 e. The van der Waals surface area contributed by atoms with Gasteiger partial charge in [-0.15, -0.1) is 0 Å². The highest BCUT2D eigenvalue weighted by Gasteiger charge is 2.17. The van der Waals surface area contributed by atoms with Crippen LogP contribution in [0.3, 0.4) is 0 Å². The fourth-order valence-electron chi connectivity index (χ4n) is 1.01. The summed E-state index contributed by atoms with van der Waals surface area (Å²) in [5.41, 5.74) is 0. The first kappa shape index (κ1) is 11.9. The zero-order chi connectivity index (χ0) is 10.4. The number of amides is 1. The van der Waals surface area contributed by atoms with Crippen LogP contribution in [0, 0.1) is 11.3 Å². The van der Waals surface area contributed by atoms with Crippen molar-refractivity contribution in [1.29, 1.82) is 5.26 Å². The van der Waals surface area contributed by atoms with Crippen molar-refractivity contribution in [3.8, 4) is 6.07 Å². The molecule has 0 aliphatic carbocycles. The van der Waals surface area contributed by atoms with Gasteiger partial charge in [0.15, 0.2) is 0 Å². The van der Waals surface area contributed by atoms with E-state index in [2.05, 4.69) is 11.4 Å². The van der Waals surface area contributed by atoms with Crippen LogP contribution in [0.5, 0.6) is 0 Å². The van der Waals surface area contributed by atoms with Gasteiger partial charge in [0, 0.05) is 14.1 Å². The molecule has 0 radical (unpaired) electrons. The maximum Gasteiger partial charge on any atom is 0.238 e. The highest BCUT2D eigenvalue weighted by molar-refractivity contribution is 5.80. The van der Waals surface area contributed by atoms with Crippen molar-refractivity contribution in [2.24, 2.45) is 0 Å². The molecular weight excluding hydrogens is 166 g/mol. The zero-order valence-corrected chi connectivity index (χ0v) is 8.66. The fraction of sp³-hybridized carbons (Fsp3) is 0.778. The first-order valence-electron chi connectivity index (χ1n) is 4.39. The van der Waals surface area contributed by atoms with Crippen molar-refractivity contribution in [2.75, 3.05) is 14.1 Å². The van der Waals surface area contributed by atoms with Crippen LogP contribution in [0.15, 0.2) is 0 Å². The highest BCUT2D eigenvalue weighted by Crippen LogP contribution is 1.94. The summed E-state index contributed by atoms with van der Waals surface area (Å²) >= 11 is 0. The molecule has 0 aliphatic heterocycles. The molecule has 4 heteroatoms. The Labute approximate surface area is 79.5 Å². The lowest BCUT2D eigenvalue weighted by atomic mass is 10.2. The Balaban J connectivity index is 4.07. The summed E-state index contributed by atoms with van der Waals surface area (Å²) in [5.74, 6) is -0.00583. The number of nitrogens with zero attached hydrogens (tertiary/aromatic N) is 2. The van der Waals surface area contributed by atoms with Crippen LogP contribution in [-0.2, 0) is 4.79 Å². The molecule has 13 heavy (non-hydrogen) atoms. The molecule has 0 rings (SSSR count). The highest BCUT2D eigenvalue weighted by atomic mass is 16.2. The predicted octanol–water partition coefficient (Wildman–Crippen LogP) is 0.355. The first-order valence-corrected chi connectivity index (χ1v) is 4.39. The molecule has 2 atom stereocenters. The fourth-order valence-corrected chi connectivity index (χ4v) is 1.01. The quantitative estimate of drug-likeness (QED) is 0.684. The zero-order valence-electron chi connectivity index (χ0n) is 8.66.